The van der Waals surface area contributed by atoms with Gasteiger partial charge in [-0.15, -0.1) is 24.8 Å². The van der Waals surface area contributed by atoms with Crippen molar-refractivity contribution < 1.29 is 4.79 Å². The second kappa shape index (κ2) is 7.24. The molecule has 1 atom stereocenters. The number of hydrogen-bond donors (Lipinski definition) is 2. The van der Waals surface area contributed by atoms with Gasteiger partial charge in [0.05, 0.1) is 0 Å². The van der Waals surface area contributed by atoms with Crippen LogP contribution in [0.4, 0.5) is 4.79 Å². The SMILES string of the molecule is Cl.Cl.O=C(NCC1CC12CCNCC2)N1Cc2ccncc2C1. The van der Waals surface area contributed by atoms with E-state index in [1.165, 1.54) is 30.4 Å². The van der Waals surface area contributed by atoms with Crippen molar-refractivity contribution in [2.45, 2.75) is 32.4 Å². The van der Waals surface area contributed by atoms with Gasteiger partial charge in [-0.05, 0) is 60.9 Å². The third-order valence-corrected chi connectivity index (χ3v) is 5.47. The Morgan fingerprint density at radius 2 is 2.04 bits per heavy atom. The summed E-state index contributed by atoms with van der Waals surface area (Å²) in [5.74, 6) is 0.690. The van der Waals surface area contributed by atoms with Gasteiger partial charge in [0.15, 0.2) is 0 Å². The molecule has 0 radical (unpaired) electrons. The molecule has 2 N–H and O–H groups in total. The number of hydrogen-bond acceptors (Lipinski definition) is 3. The molecule has 0 aromatic carbocycles. The Morgan fingerprint density at radius 1 is 1.30 bits per heavy atom. The molecule has 0 bridgehead atoms. The number of carbonyl (C=O) groups excluding carboxylic acids is 1. The summed E-state index contributed by atoms with van der Waals surface area (Å²) in [7, 11) is 0. The first-order chi connectivity index (χ1) is 10.3. The van der Waals surface area contributed by atoms with Gasteiger partial charge in [0.2, 0.25) is 0 Å². The van der Waals surface area contributed by atoms with E-state index < -0.39 is 0 Å². The Hall–Kier alpha value is -1.04. The summed E-state index contributed by atoms with van der Waals surface area (Å²) < 4.78 is 0. The van der Waals surface area contributed by atoms with E-state index in [-0.39, 0.29) is 30.8 Å². The van der Waals surface area contributed by atoms with E-state index in [2.05, 4.69) is 15.6 Å². The normalized spacial score (nSPS) is 23.5. The minimum Gasteiger partial charge on any atom is -0.338 e. The summed E-state index contributed by atoms with van der Waals surface area (Å²) in [6.45, 7) is 4.51. The van der Waals surface area contributed by atoms with Crippen LogP contribution in [0.1, 0.15) is 30.4 Å². The molecule has 2 aliphatic heterocycles. The van der Waals surface area contributed by atoms with Gasteiger partial charge < -0.3 is 15.5 Å². The Bertz CT molecular complexity index is 538. The number of rotatable bonds is 2. The average Bonchev–Trinajstić information content (AvgIpc) is 2.99. The minimum atomic E-state index is 0. The number of piperidine rings is 1. The van der Waals surface area contributed by atoms with Crippen molar-refractivity contribution in [3.8, 4) is 0 Å². The van der Waals surface area contributed by atoms with Crippen LogP contribution < -0.4 is 10.6 Å². The third kappa shape index (κ3) is 3.57. The zero-order valence-corrected chi connectivity index (χ0v) is 14.7. The highest BCUT2D eigenvalue weighted by Gasteiger charge is 2.53. The van der Waals surface area contributed by atoms with Crippen molar-refractivity contribution in [2.75, 3.05) is 19.6 Å². The summed E-state index contributed by atoms with van der Waals surface area (Å²) in [6.07, 6.45) is 7.50. The first-order valence-electron chi connectivity index (χ1n) is 7.92. The van der Waals surface area contributed by atoms with Gasteiger partial charge in [-0.2, -0.15) is 0 Å². The number of aromatic nitrogens is 1. The minimum absolute atomic E-state index is 0. The van der Waals surface area contributed by atoms with Crippen LogP contribution in [-0.4, -0.2) is 35.5 Å². The van der Waals surface area contributed by atoms with Crippen molar-refractivity contribution >= 4 is 30.8 Å². The number of fused-ring (bicyclic) bond motifs is 1. The Labute approximate surface area is 149 Å². The lowest BCUT2D eigenvalue weighted by molar-refractivity contribution is 0.197. The van der Waals surface area contributed by atoms with Gasteiger partial charge in [0, 0.05) is 32.0 Å². The molecule has 23 heavy (non-hydrogen) atoms. The number of halogens is 2. The number of urea groups is 1. The lowest BCUT2D eigenvalue weighted by atomic mass is 9.92. The molecular formula is C16H24Cl2N4O. The summed E-state index contributed by atoms with van der Waals surface area (Å²) >= 11 is 0. The van der Waals surface area contributed by atoms with E-state index in [0.29, 0.717) is 24.4 Å². The molecule has 5 nitrogen and oxygen atoms in total. The van der Waals surface area contributed by atoms with Gasteiger partial charge in [0.25, 0.3) is 0 Å². The van der Waals surface area contributed by atoms with Crippen molar-refractivity contribution in [1.29, 1.82) is 0 Å². The standard InChI is InChI=1S/C16H22N4O.2ClH/c21-15(20-10-12-1-4-18-8-13(12)11-20)19-9-14-7-16(14)2-5-17-6-3-16;;/h1,4,8,14,17H,2-3,5-7,9-11H2,(H,19,21);2*1H. The number of carbonyl (C=O) groups is 1. The average molecular weight is 359 g/mol. The first kappa shape index (κ1) is 18.3. The summed E-state index contributed by atoms with van der Waals surface area (Å²) in [6, 6.07) is 2.08. The molecule has 3 heterocycles. The first-order valence-corrected chi connectivity index (χ1v) is 7.92. The predicted octanol–water partition coefficient (Wildman–Crippen LogP) is 2.34. The maximum absolute atomic E-state index is 12.3. The predicted molar refractivity (Wildman–Crippen MR) is 94.0 cm³/mol. The number of amides is 2. The van der Waals surface area contributed by atoms with E-state index >= 15 is 0 Å². The van der Waals surface area contributed by atoms with Gasteiger partial charge in [-0.1, -0.05) is 0 Å². The molecule has 4 rings (SSSR count). The van der Waals surface area contributed by atoms with Crippen molar-refractivity contribution in [1.82, 2.24) is 20.5 Å². The molecule has 128 valence electrons. The Balaban J connectivity index is 0.000000960. The summed E-state index contributed by atoms with van der Waals surface area (Å²) in [4.78, 5) is 18.3. The van der Waals surface area contributed by atoms with Gasteiger partial charge in [-0.25, -0.2) is 4.79 Å². The third-order valence-electron chi connectivity index (χ3n) is 5.47. The lowest BCUT2D eigenvalue weighted by Gasteiger charge is -2.24. The molecule has 1 aromatic rings. The van der Waals surface area contributed by atoms with Crippen LogP contribution in [0.15, 0.2) is 18.5 Å². The number of pyridine rings is 1. The molecule has 1 saturated heterocycles. The summed E-state index contributed by atoms with van der Waals surface area (Å²) in [5, 5.41) is 6.56. The van der Waals surface area contributed by atoms with Crippen molar-refractivity contribution in [2.24, 2.45) is 11.3 Å². The lowest BCUT2D eigenvalue weighted by Crippen LogP contribution is -2.38. The number of nitrogens with zero attached hydrogens (tertiary/aromatic N) is 2. The largest absolute Gasteiger partial charge is 0.338 e. The molecule has 1 spiro atoms. The molecule has 3 aliphatic rings. The second-order valence-corrected chi connectivity index (χ2v) is 6.70. The number of nitrogens with one attached hydrogen (secondary N) is 2. The van der Waals surface area contributed by atoms with Gasteiger partial charge in [-0.3, -0.25) is 4.98 Å². The van der Waals surface area contributed by atoms with Gasteiger partial charge in [0.1, 0.15) is 0 Å². The highest BCUT2D eigenvalue weighted by atomic mass is 35.5. The highest BCUT2D eigenvalue weighted by Crippen LogP contribution is 2.58. The van der Waals surface area contributed by atoms with E-state index in [4.69, 9.17) is 0 Å². The monoisotopic (exact) mass is 358 g/mol. The fourth-order valence-corrected chi connectivity index (χ4v) is 3.94. The molecule has 1 saturated carbocycles. The maximum atomic E-state index is 12.3. The van der Waals surface area contributed by atoms with Crippen LogP contribution >= 0.6 is 24.8 Å². The molecule has 1 aromatic heterocycles. The van der Waals surface area contributed by atoms with E-state index in [1.807, 2.05) is 17.2 Å². The van der Waals surface area contributed by atoms with Crippen LogP contribution in [-0.2, 0) is 13.1 Å². The quantitative estimate of drug-likeness (QED) is 0.852. The van der Waals surface area contributed by atoms with E-state index in [9.17, 15) is 4.79 Å². The summed E-state index contributed by atoms with van der Waals surface area (Å²) in [5.41, 5.74) is 2.94. The van der Waals surface area contributed by atoms with Crippen LogP contribution in [0, 0.1) is 11.3 Å². The van der Waals surface area contributed by atoms with E-state index in [0.717, 1.165) is 19.6 Å². The maximum Gasteiger partial charge on any atom is 0.318 e. The molecule has 2 amide bonds. The molecule has 1 unspecified atom stereocenters. The van der Waals surface area contributed by atoms with Crippen LogP contribution in [0.2, 0.25) is 0 Å². The van der Waals surface area contributed by atoms with E-state index in [1.54, 1.807) is 6.20 Å². The van der Waals surface area contributed by atoms with Crippen LogP contribution in [0.25, 0.3) is 0 Å². The fourth-order valence-electron chi connectivity index (χ4n) is 3.94. The topological polar surface area (TPSA) is 57.3 Å². The smallest absolute Gasteiger partial charge is 0.318 e. The Kier molecular flexibility index (Phi) is 5.76. The second-order valence-electron chi connectivity index (χ2n) is 6.70. The van der Waals surface area contributed by atoms with Crippen molar-refractivity contribution in [3.63, 3.8) is 0 Å². The molecule has 2 fully saturated rings. The molecular weight excluding hydrogens is 335 g/mol. The van der Waals surface area contributed by atoms with Crippen molar-refractivity contribution in [3.05, 3.63) is 29.6 Å². The van der Waals surface area contributed by atoms with Crippen LogP contribution in [0.5, 0.6) is 0 Å². The Morgan fingerprint density at radius 3 is 2.78 bits per heavy atom. The molecule has 1 aliphatic carbocycles. The highest BCUT2D eigenvalue weighted by molar-refractivity contribution is 5.85. The zero-order valence-electron chi connectivity index (χ0n) is 13.1. The van der Waals surface area contributed by atoms with Gasteiger partial charge >= 0.3 is 6.03 Å². The zero-order chi connectivity index (χ0) is 14.3. The van der Waals surface area contributed by atoms with Crippen LogP contribution in [0.3, 0.4) is 0 Å². The molecule has 7 heteroatoms. The fraction of sp³-hybridized carbons (Fsp3) is 0.625.